The highest BCUT2D eigenvalue weighted by Crippen LogP contribution is 2.27. The summed E-state index contributed by atoms with van der Waals surface area (Å²) in [4.78, 5) is 10.8. The molecule has 106 valence electrons. The molecule has 1 aromatic carbocycles. The number of hydrogen-bond acceptors (Lipinski definition) is 4. The first kappa shape index (κ1) is 15.8. The Morgan fingerprint density at radius 2 is 2.16 bits per heavy atom. The third-order valence-electron chi connectivity index (χ3n) is 2.67. The number of rotatable bonds is 7. The Balaban J connectivity index is 2.39. The number of aliphatic carboxylic acids is 1. The number of carboxylic acid groups (broad SMARTS) is 1. The third kappa shape index (κ3) is 4.72. The minimum absolute atomic E-state index is 0.198. The van der Waals surface area contributed by atoms with Crippen molar-refractivity contribution in [3.05, 3.63) is 30.1 Å². The number of carboxylic acids is 1. The van der Waals surface area contributed by atoms with Crippen LogP contribution in [0.4, 0.5) is 4.39 Å². The number of para-hydroxylation sites is 1. The van der Waals surface area contributed by atoms with Crippen molar-refractivity contribution in [2.45, 2.75) is 24.6 Å². The predicted molar refractivity (Wildman–Crippen MR) is 74.0 cm³/mol. The highest BCUT2D eigenvalue weighted by molar-refractivity contribution is 8.00. The molecular weight excluding hydrogens is 269 g/mol. The van der Waals surface area contributed by atoms with Crippen molar-refractivity contribution in [3.63, 3.8) is 0 Å². The molecular formula is C13H18FNO3S. The van der Waals surface area contributed by atoms with Crippen LogP contribution in [-0.4, -0.2) is 34.2 Å². The van der Waals surface area contributed by atoms with E-state index in [1.807, 2.05) is 0 Å². The van der Waals surface area contributed by atoms with Crippen LogP contribution in [0.2, 0.25) is 0 Å². The molecule has 6 heteroatoms. The first-order valence-electron chi connectivity index (χ1n) is 5.84. The maximum Gasteiger partial charge on any atom is 0.321 e. The molecule has 3 N–H and O–H groups in total. The highest BCUT2D eigenvalue weighted by atomic mass is 32.2. The minimum Gasteiger partial charge on any atom is -0.490 e. The van der Waals surface area contributed by atoms with Gasteiger partial charge in [0.05, 0.1) is 6.61 Å². The Morgan fingerprint density at radius 3 is 2.74 bits per heavy atom. The number of carbonyl (C=O) groups is 1. The summed E-state index contributed by atoms with van der Waals surface area (Å²) in [5, 5.41) is 8.87. The molecule has 0 saturated carbocycles. The largest absolute Gasteiger partial charge is 0.490 e. The zero-order chi connectivity index (χ0) is 14.5. The number of benzene rings is 1. The Labute approximate surface area is 116 Å². The molecule has 0 aliphatic rings. The van der Waals surface area contributed by atoms with Crippen LogP contribution in [0.5, 0.6) is 5.75 Å². The summed E-state index contributed by atoms with van der Waals surface area (Å²) in [5.41, 5.74) is 5.59. The molecule has 1 aromatic rings. The summed E-state index contributed by atoms with van der Waals surface area (Å²) in [6.07, 6.45) is 0. The predicted octanol–water partition coefficient (Wildman–Crippen LogP) is 2.13. The molecule has 0 bridgehead atoms. The molecule has 0 aromatic heterocycles. The summed E-state index contributed by atoms with van der Waals surface area (Å²) in [6, 6.07) is 5.20. The first-order valence-corrected chi connectivity index (χ1v) is 6.83. The van der Waals surface area contributed by atoms with Gasteiger partial charge in [0, 0.05) is 10.5 Å². The van der Waals surface area contributed by atoms with Crippen molar-refractivity contribution >= 4 is 17.7 Å². The average molecular weight is 287 g/mol. The van der Waals surface area contributed by atoms with E-state index in [1.54, 1.807) is 32.0 Å². The van der Waals surface area contributed by atoms with E-state index >= 15 is 0 Å². The molecule has 0 fully saturated rings. The molecule has 0 heterocycles. The van der Waals surface area contributed by atoms with Crippen LogP contribution in [0.1, 0.15) is 13.8 Å². The van der Waals surface area contributed by atoms with Crippen molar-refractivity contribution in [2.24, 2.45) is 5.73 Å². The van der Waals surface area contributed by atoms with Crippen molar-refractivity contribution < 1.29 is 19.0 Å². The summed E-state index contributed by atoms with van der Waals surface area (Å²) in [5.74, 6) is -0.715. The lowest BCUT2D eigenvalue weighted by Gasteiger charge is -2.27. The maximum atomic E-state index is 13.3. The second kappa shape index (κ2) is 6.77. The first-order chi connectivity index (χ1) is 8.84. The van der Waals surface area contributed by atoms with Crippen LogP contribution in [0.25, 0.3) is 0 Å². The molecule has 1 rings (SSSR count). The van der Waals surface area contributed by atoms with E-state index in [1.165, 1.54) is 17.8 Å². The van der Waals surface area contributed by atoms with Gasteiger partial charge in [-0.15, -0.1) is 11.8 Å². The molecule has 0 saturated heterocycles. The van der Waals surface area contributed by atoms with E-state index in [2.05, 4.69) is 0 Å². The lowest BCUT2D eigenvalue weighted by molar-refractivity contribution is -0.139. The van der Waals surface area contributed by atoms with Gasteiger partial charge in [-0.3, -0.25) is 4.79 Å². The molecule has 0 aliphatic carbocycles. The van der Waals surface area contributed by atoms with Crippen LogP contribution in [0, 0.1) is 5.82 Å². The van der Waals surface area contributed by atoms with Gasteiger partial charge in [0.15, 0.2) is 11.6 Å². The quantitative estimate of drug-likeness (QED) is 0.752. The smallest absolute Gasteiger partial charge is 0.321 e. The van der Waals surface area contributed by atoms with E-state index in [9.17, 15) is 9.18 Å². The van der Waals surface area contributed by atoms with Crippen LogP contribution >= 0.6 is 11.8 Å². The van der Waals surface area contributed by atoms with Crippen molar-refractivity contribution in [3.8, 4) is 5.75 Å². The summed E-state index contributed by atoms with van der Waals surface area (Å²) in [6.45, 7) is 3.82. The molecule has 0 amide bonds. The molecule has 4 nitrogen and oxygen atoms in total. The summed E-state index contributed by atoms with van der Waals surface area (Å²) in [7, 11) is 0. The van der Waals surface area contributed by atoms with Gasteiger partial charge in [-0.25, -0.2) is 4.39 Å². The van der Waals surface area contributed by atoms with Gasteiger partial charge in [0.1, 0.15) is 6.04 Å². The number of ether oxygens (including phenoxy) is 1. The van der Waals surface area contributed by atoms with Crippen molar-refractivity contribution in [2.75, 3.05) is 12.4 Å². The van der Waals surface area contributed by atoms with E-state index in [4.69, 9.17) is 15.6 Å². The second-order valence-corrected chi connectivity index (χ2v) is 6.30. The van der Waals surface area contributed by atoms with E-state index in [0.717, 1.165) is 0 Å². The van der Waals surface area contributed by atoms with Crippen LogP contribution in [0.3, 0.4) is 0 Å². The molecule has 0 unspecified atom stereocenters. The average Bonchev–Trinajstić information content (AvgIpc) is 2.35. The Morgan fingerprint density at radius 1 is 1.53 bits per heavy atom. The van der Waals surface area contributed by atoms with E-state index < -0.39 is 22.6 Å². The minimum atomic E-state index is -1.03. The molecule has 0 radical (unpaired) electrons. The second-order valence-electron chi connectivity index (χ2n) is 4.55. The van der Waals surface area contributed by atoms with Gasteiger partial charge < -0.3 is 15.6 Å². The van der Waals surface area contributed by atoms with E-state index in [-0.39, 0.29) is 5.75 Å². The van der Waals surface area contributed by atoms with Gasteiger partial charge in [0.25, 0.3) is 0 Å². The normalized spacial score (nSPS) is 13.1. The van der Waals surface area contributed by atoms with Gasteiger partial charge in [-0.05, 0) is 26.0 Å². The van der Waals surface area contributed by atoms with Gasteiger partial charge in [0.2, 0.25) is 0 Å². The number of halogens is 1. The zero-order valence-corrected chi connectivity index (χ0v) is 11.7. The van der Waals surface area contributed by atoms with Crippen LogP contribution < -0.4 is 10.5 Å². The number of thioether (sulfide) groups is 1. The van der Waals surface area contributed by atoms with Crippen LogP contribution in [0.15, 0.2) is 24.3 Å². The summed E-state index contributed by atoms with van der Waals surface area (Å²) >= 11 is 1.39. The molecule has 1 atom stereocenters. The van der Waals surface area contributed by atoms with Crippen LogP contribution in [-0.2, 0) is 4.79 Å². The highest BCUT2D eigenvalue weighted by Gasteiger charge is 2.32. The Bertz CT molecular complexity index is 440. The number of hydrogen-bond donors (Lipinski definition) is 2. The molecule has 19 heavy (non-hydrogen) atoms. The monoisotopic (exact) mass is 287 g/mol. The van der Waals surface area contributed by atoms with Crippen molar-refractivity contribution in [1.29, 1.82) is 0 Å². The fourth-order valence-electron chi connectivity index (χ4n) is 1.41. The Kier molecular flexibility index (Phi) is 5.62. The van der Waals surface area contributed by atoms with Gasteiger partial charge in [-0.2, -0.15) is 0 Å². The van der Waals surface area contributed by atoms with E-state index in [0.29, 0.717) is 12.4 Å². The summed E-state index contributed by atoms with van der Waals surface area (Å²) < 4.78 is 17.9. The SMILES string of the molecule is CC(C)(SCCOc1ccccc1F)[C@@H](N)C(=O)O. The maximum absolute atomic E-state index is 13.3. The Hall–Kier alpha value is -1.27. The standard InChI is InChI=1S/C13H18FNO3S/c1-13(2,11(15)12(16)17)19-8-7-18-10-6-4-3-5-9(10)14/h3-6,11H,7-8,15H2,1-2H3,(H,16,17)/t11-/m0/s1. The fourth-order valence-corrected chi connectivity index (χ4v) is 2.38. The molecule has 0 spiro atoms. The van der Waals surface area contributed by atoms with Gasteiger partial charge >= 0.3 is 5.97 Å². The van der Waals surface area contributed by atoms with Gasteiger partial charge in [-0.1, -0.05) is 12.1 Å². The zero-order valence-electron chi connectivity index (χ0n) is 10.9. The van der Waals surface area contributed by atoms with Crippen molar-refractivity contribution in [1.82, 2.24) is 0 Å². The third-order valence-corrected chi connectivity index (χ3v) is 4.04. The topological polar surface area (TPSA) is 72.5 Å². The lowest BCUT2D eigenvalue weighted by atomic mass is 10.1. The molecule has 0 aliphatic heterocycles. The number of nitrogens with two attached hydrogens (primary N) is 1. The lowest BCUT2D eigenvalue weighted by Crippen LogP contribution is -2.47. The fraction of sp³-hybridized carbons (Fsp3) is 0.462.